The highest BCUT2D eigenvalue weighted by Crippen LogP contribution is 2.27. The van der Waals surface area contributed by atoms with Crippen molar-refractivity contribution in [2.24, 2.45) is 0 Å². The lowest BCUT2D eigenvalue weighted by Gasteiger charge is -2.24. The number of amides is 1. The van der Waals surface area contributed by atoms with Crippen LogP contribution in [-0.2, 0) is 17.9 Å². The molecule has 1 aromatic heterocycles. The molecular weight excluding hydrogens is 548 g/mol. The predicted molar refractivity (Wildman–Crippen MR) is 137 cm³/mol. The van der Waals surface area contributed by atoms with E-state index in [4.69, 9.17) is 9.47 Å². The van der Waals surface area contributed by atoms with E-state index in [0.717, 1.165) is 20.2 Å². The fourth-order valence-corrected chi connectivity index (χ4v) is 4.09. The minimum atomic E-state index is -0.467. The van der Waals surface area contributed by atoms with Gasteiger partial charge in [-0.2, -0.15) is 5.10 Å². The van der Waals surface area contributed by atoms with Gasteiger partial charge in [0.15, 0.2) is 11.6 Å². The average Bonchev–Trinajstić information content (AvgIpc) is 3.21. The van der Waals surface area contributed by atoms with Crippen LogP contribution in [0.3, 0.4) is 0 Å². The quantitative estimate of drug-likeness (QED) is 0.239. The number of H-pyrrole nitrogens is 1. The van der Waals surface area contributed by atoms with Gasteiger partial charge in [0, 0.05) is 31.0 Å². The second-order valence-electron chi connectivity index (χ2n) is 8.00. The van der Waals surface area contributed by atoms with Crippen molar-refractivity contribution in [3.63, 3.8) is 0 Å². The second kappa shape index (κ2) is 11.3. The molecule has 1 amide bonds. The van der Waals surface area contributed by atoms with E-state index in [2.05, 4.69) is 32.8 Å². The molecule has 0 saturated heterocycles. The lowest BCUT2D eigenvalue weighted by atomic mass is 10.2. The lowest BCUT2D eigenvalue weighted by Crippen LogP contribution is -2.34. The van der Waals surface area contributed by atoms with Crippen molar-refractivity contribution in [1.82, 2.24) is 15.1 Å². The zero-order chi connectivity index (χ0) is 23.9. The second-order valence-corrected chi connectivity index (χ2v) is 9.08. The average molecular weight is 573 g/mol. The monoisotopic (exact) mass is 573 g/mol. The Balaban J connectivity index is 1.40. The molecule has 1 atom stereocenters. The van der Waals surface area contributed by atoms with Gasteiger partial charge in [-0.05, 0) is 46.7 Å². The first-order valence-electron chi connectivity index (χ1n) is 11.0. The largest absolute Gasteiger partial charge is 0.488 e. The SMILES string of the molecule is C[C@H](CCN(Cc1ccccc1)C(=O)OCc1ccccc1)Oc1cc2c(I)[nH]nc2cc1F. The van der Waals surface area contributed by atoms with E-state index in [-0.39, 0.29) is 18.5 Å². The van der Waals surface area contributed by atoms with Crippen LogP contribution in [0.5, 0.6) is 5.75 Å². The van der Waals surface area contributed by atoms with Gasteiger partial charge < -0.3 is 14.4 Å². The Morgan fingerprint density at radius 2 is 1.76 bits per heavy atom. The first-order chi connectivity index (χ1) is 16.5. The molecule has 0 radical (unpaired) electrons. The van der Waals surface area contributed by atoms with Crippen molar-refractivity contribution in [3.8, 4) is 5.75 Å². The summed E-state index contributed by atoms with van der Waals surface area (Å²) in [6.45, 7) is 2.87. The highest BCUT2D eigenvalue weighted by molar-refractivity contribution is 14.1. The fraction of sp³-hybridized carbons (Fsp3) is 0.231. The number of benzene rings is 3. The Kier molecular flexibility index (Phi) is 7.99. The molecule has 4 aromatic rings. The number of carbonyl (C=O) groups excluding carboxylic acids is 1. The van der Waals surface area contributed by atoms with E-state index in [1.807, 2.05) is 67.6 Å². The third kappa shape index (κ3) is 6.25. The minimum Gasteiger partial charge on any atom is -0.488 e. The molecule has 6 nitrogen and oxygen atoms in total. The van der Waals surface area contributed by atoms with E-state index in [9.17, 15) is 9.18 Å². The molecule has 0 unspecified atom stereocenters. The van der Waals surface area contributed by atoms with Gasteiger partial charge in [0.25, 0.3) is 0 Å². The van der Waals surface area contributed by atoms with Gasteiger partial charge in [0.2, 0.25) is 0 Å². The number of aromatic amines is 1. The van der Waals surface area contributed by atoms with Crippen LogP contribution >= 0.6 is 22.6 Å². The Morgan fingerprint density at radius 3 is 2.47 bits per heavy atom. The number of aromatic nitrogens is 2. The molecule has 0 saturated carbocycles. The first-order valence-corrected chi connectivity index (χ1v) is 12.1. The van der Waals surface area contributed by atoms with Gasteiger partial charge in [-0.3, -0.25) is 5.10 Å². The number of nitrogens with one attached hydrogen (secondary N) is 1. The number of hydrogen-bond donors (Lipinski definition) is 1. The van der Waals surface area contributed by atoms with Crippen LogP contribution in [0.1, 0.15) is 24.5 Å². The van der Waals surface area contributed by atoms with Crippen LogP contribution in [0.2, 0.25) is 0 Å². The highest BCUT2D eigenvalue weighted by Gasteiger charge is 2.19. The summed E-state index contributed by atoms with van der Waals surface area (Å²) >= 11 is 2.12. The summed E-state index contributed by atoms with van der Waals surface area (Å²) < 4.78 is 26.8. The summed E-state index contributed by atoms with van der Waals surface area (Å²) in [5, 5.41) is 7.72. The number of halogens is 2. The molecule has 34 heavy (non-hydrogen) atoms. The van der Waals surface area contributed by atoms with E-state index >= 15 is 0 Å². The molecule has 3 aromatic carbocycles. The molecule has 1 heterocycles. The normalized spacial score (nSPS) is 11.9. The van der Waals surface area contributed by atoms with Crippen molar-refractivity contribution < 1.29 is 18.7 Å². The molecule has 176 valence electrons. The number of hydrogen-bond acceptors (Lipinski definition) is 4. The molecule has 0 aliphatic rings. The topological polar surface area (TPSA) is 67.5 Å². The minimum absolute atomic E-state index is 0.167. The molecule has 0 bridgehead atoms. The van der Waals surface area contributed by atoms with Gasteiger partial charge in [0.1, 0.15) is 10.3 Å². The maximum atomic E-state index is 14.5. The van der Waals surface area contributed by atoms with Crippen LogP contribution in [0.25, 0.3) is 10.9 Å². The fourth-order valence-electron chi connectivity index (χ4n) is 3.53. The molecular formula is C26H25FIN3O3. The van der Waals surface area contributed by atoms with Crippen molar-refractivity contribution in [3.05, 3.63) is 93.4 Å². The highest BCUT2D eigenvalue weighted by atomic mass is 127. The number of ether oxygens (including phenoxy) is 2. The Hall–Kier alpha value is -3.14. The molecule has 0 aliphatic heterocycles. The number of carbonyl (C=O) groups is 1. The van der Waals surface area contributed by atoms with Crippen LogP contribution in [0.4, 0.5) is 9.18 Å². The lowest BCUT2D eigenvalue weighted by molar-refractivity contribution is 0.0873. The van der Waals surface area contributed by atoms with Crippen LogP contribution in [0, 0.1) is 9.52 Å². The number of rotatable bonds is 9. The maximum absolute atomic E-state index is 14.5. The smallest absolute Gasteiger partial charge is 0.410 e. The molecule has 4 rings (SSSR count). The predicted octanol–water partition coefficient (Wildman–Crippen LogP) is 6.30. The van der Waals surface area contributed by atoms with Gasteiger partial charge >= 0.3 is 6.09 Å². The van der Waals surface area contributed by atoms with E-state index in [0.29, 0.717) is 25.0 Å². The van der Waals surface area contributed by atoms with Crippen molar-refractivity contribution in [1.29, 1.82) is 0 Å². The van der Waals surface area contributed by atoms with Crippen LogP contribution < -0.4 is 4.74 Å². The number of fused-ring (bicyclic) bond motifs is 1. The van der Waals surface area contributed by atoms with Crippen molar-refractivity contribution in [2.75, 3.05) is 6.54 Å². The summed E-state index contributed by atoms with van der Waals surface area (Å²) in [4.78, 5) is 14.5. The Labute approximate surface area is 211 Å². The van der Waals surface area contributed by atoms with Crippen LogP contribution in [-0.4, -0.2) is 33.8 Å². The van der Waals surface area contributed by atoms with E-state index < -0.39 is 11.9 Å². The standard InChI is InChI=1S/C26H25FIN3O3/c1-18(34-24-14-21-23(15-22(24)27)29-30-25(21)28)12-13-31(16-19-8-4-2-5-9-19)26(32)33-17-20-10-6-3-7-11-20/h2-11,14-15,18H,12-13,16-17H2,1H3,(H,29,30)/t18-/m1/s1. The summed E-state index contributed by atoms with van der Waals surface area (Å²) in [5.41, 5.74) is 2.47. The zero-order valence-electron chi connectivity index (χ0n) is 18.7. The number of nitrogens with zero attached hydrogens (tertiary/aromatic N) is 2. The van der Waals surface area contributed by atoms with Gasteiger partial charge in [-0.25, -0.2) is 9.18 Å². The van der Waals surface area contributed by atoms with Crippen molar-refractivity contribution in [2.45, 2.75) is 32.6 Å². The third-order valence-corrected chi connectivity index (χ3v) is 6.20. The molecule has 0 aliphatic carbocycles. The molecule has 0 spiro atoms. The molecule has 8 heteroatoms. The summed E-state index contributed by atoms with van der Waals surface area (Å²) in [6, 6.07) is 22.3. The van der Waals surface area contributed by atoms with Gasteiger partial charge in [0.05, 0.1) is 11.6 Å². The van der Waals surface area contributed by atoms with E-state index in [1.54, 1.807) is 11.0 Å². The van der Waals surface area contributed by atoms with Crippen LogP contribution in [0.15, 0.2) is 72.8 Å². The zero-order valence-corrected chi connectivity index (χ0v) is 20.9. The van der Waals surface area contributed by atoms with Gasteiger partial charge in [-0.15, -0.1) is 0 Å². The summed E-state index contributed by atoms with van der Waals surface area (Å²) in [7, 11) is 0. The summed E-state index contributed by atoms with van der Waals surface area (Å²) in [6.07, 6.45) is -0.218. The Bertz CT molecular complexity index is 1230. The van der Waals surface area contributed by atoms with E-state index in [1.165, 1.54) is 6.07 Å². The molecule has 1 N–H and O–H groups in total. The Morgan fingerprint density at radius 1 is 1.09 bits per heavy atom. The third-order valence-electron chi connectivity index (χ3n) is 5.37. The van der Waals surface area contributed by atoms with Crippen molar-refractivity contribution >= 4 is 39.6 Å². The van der Waals surface area contributed by atoms with Gasteiger partial charge in [-0.1, -0.05) is 60.7 Å². The maximum Gasteiger partial charge on any atom is 0.410 e. The first kappa shape index (κ1) is 24.0. The summed E-state index contributed by atoms with van der Waals surface area (Å²) in [5.74, 6) is -0.300. The molecule has 0 fully saturated rings.